The van der Waals surface area contributed by atoms with Crippen LogP contribution in [0.15, 0.2) is 0 Å². The second-order valence-electron chi connectivity index (χ2n) is 5.95. The van der Waals surface area contributed by atoms with Gasteiger partial charge in [0.2, 0.25) is 0 Å². The summed E-state index contributed by atoms with van der Waals surface area (Å²) in [5.41, 5.74) is 6.83. The molecule has 0 unspecified atom stereocenters. The van der Waals surface area contributed by atoms with Gasteiger partial charge in [0, 0.05) is 17.6 Å². The van der Waals surface area contributed by atoms with Crippen LogP contribution in [0.4, 0.5) is 0 Å². The third-order valence-electron chi connectivity index (χ3n) is 4.30. The molecule has 1 rings (SSSR count). The maximum Gasteiger partial charge on any atom is 0.0283 e. The largest absolute Gasteiger partial charge is 0.324 e. The Morgan fingerprint density at radius 3 is 2.20 bits per heavy atom. The average molecular weight is 212 g/mol. The molecule has 0 aromatic carbocycles. The predicted octanol–water partition coefficient (Wildman–Crippen LogP) is 2.77. The highest BCUT2D eigenvalue weighted by molar-refractivity contribution is 4.92. The Bertz CT molecular complexity index is 193. The molecular formula is C13H28N2. The van der Waals surface area contributed by atoms with Gasteiger partial charge in [-0.1, -0.05) is 26.2 Å². The summed E-state index contributed by atoms with van der Waals surface area (Å²) in [6.07, 6.45) is 7.60. The standard InChI is InChI=1S/C13H28N2/c1-5-12(2,3)15(4)11-13(14)9-7-6-8-10-13/h5-11,14H2,1-4H3. The van der Waals surface area contributed by atoms with E-state index in [4.69, 9.17) is 5.73 Å². The van der Waals surface area contributed by atoms with Crippen molar-refractivity contribution in [2.75, 3.05) is 13.6 Å². The Morgan fingerprint density at radius 1 is 1.20 bits per heavy atom. The monoisotopic (exact) mass is 212 g/mol. The highest BCUT2D eigenvalue weighted by Gasteiger charge is 2.32. The van der Waals surface area contributed by atoms with Crippen molar-refractivity contribution < 1.29 is 0 Å². The van der Waals surface area contributed by atoms with Crippen molar-refractivity contribution in [3.8, 4) is 0 Å². The molecule has 15 heavy (non-hydrogen) atoms. The van der Waals surface area contributed by atoms with E-state index < -0.39 is 0 Å². The first-order valence-corrected chi connectivity index (χ1v) is 6.40. The molecule has 1 aliphatic carbocycles. The van der Waals surface area contributed by atoms with Crippen LogP contribution in [0.3, 0.4) is 0 Å². The SMILES string of the molecule is CCC(C)(C)N(C)CC1(N)CCCCC1. The van der Waals surface area contributed by atoms with Crippen molar-refractivity contribution in [3.63, 3.8) is 0 Å². The maximum absolute atomic E-state index is 6.47. The summed E-state index contributed by atoms with van der Waals surface area (Å²) in [5.74, 6) is 0. The summed E-state index contributed by atoms with van der Waals surface area (Å²) in [6.45, 7) is 7.91. The highest BCUT2D eigenvalue weighted by atomic mass is 15.2. The molecule has 90 valence electrons. The molecule has 0 amide bonds. The number of likely N-dealkylation sites (N-methyl/N-ethyl adjacent to an activating group) is 1. The van der Waals surface area contributed by atoms with Crippen molar-refractivity contribution in [2.24, 2.45) is 5.73 Å². The third-order valence-corrected chi connectivity index (χ3v) is 4.30. The van der Waals surface area contributed by atoms with E-state index in [0.717, 1.165) is 6.54 Å². The van der Waals surface area contributed by atoms with Gasteiger partial charge in [-0.3, -0.25) is 4.90 Å². The second kappa shape index (κ2) is 4.84. The lowest BCUT2D eigenvalue weighted by molar-refractivity contribution is 0.101. The van der Waals surface area contributed by atoms with E-state index in [-0.39, 0.29) is 11.1 Å². The van der Waals surface area contributed by atoms with E-state index in [1.54, 1.807) is 0 Å². The van der Waals surface area contributed by atoms with Crippen molar-refractivity contribution >= 4 is 0 Å². The van der Waals surface area contributed by atoms with Gasteiger partial charge < -0.3 is 5.73 Å². The Hall–Kier alpha value is -0.0800. The number of hydrogen-bond donors (Lipinski definition) is 1. The summed E-state index contributed by atoms with van der Waals surface area (Å²) >= 11 is 0. The summed E-state index contributed by atoms with van der Waals surface area (Å²) in [4.78, 5) is 2.44. The van der Waals surface area contributed by atoms with Crippen molar-refractivity contribution in [3.05, 3.63) is 0 Å². The molecule has 0 aromatic rings. The van der Waals surface area contributed by atoms with Gasteiger partial charge in [-0.05, 0) is 40.2 Å². The molecule has 0 bridgehead atoms. The van der Waals surface area contributed by atoms with Crippen LogP contribution in [0.5, 0.6) is 0 Å². The van der Waals surface area contributed by atoms with Crippen LogP contribution < -0.4 is 5.73 Å². The Kier molecular flexibility index (Phi) is 4.19. The Balaban J connectivity index is 2.52. The summed E-state index contributed by atoms with van der Waals surface area (Å²) in [7, 11) is 2.21. The molecule has 0 saturated heterocycles. The zero-order valence-electron chi connectivity index (χ0n) is 11.0. The van der Waals surface area contributed by atoms with Gasteiger partial charge in [0.15, 0.2) is 0 Å². The van der Waals surface area contributed by atoms with Crippen LogP contribution in [-0.4, -0.2) is 29.6 Å². The molecule has 1 fully saturated rings. The molecule has 2 heteroatoms. The van der Waals surface area contributed by atoms with E-state index in [9.17, 15) is 0 Å². The first-order valence-electron chi connectivity index (χ1n) is 6.40. The number of rotatable bonds is 4. The van der Waals surface area contributed by atoms with E-state index >= 15 is 0 Å². The summed E-state index contributed by atoms with van der Waals surface area (Å²) in [6, 6.07) is 0. The third kappa shape index (κ3) is 3.46. The Morgan fingerprint density at radius 2 is 1.73 bits per heavy atom. The fourth-order valence-corrected chi connectivity index (χ4v) is 2.37. The van der Waals surface area contributed by atoms with Gasteiger partial charge in [0.1, 0.15) is 0 Å². The number of nitrogens with two attached hydrogens (primary N) is 1. The first-order chi connectivity index (χ1) is 6.90. The summed E-state index contributed by atoms with van der Waals surface area (Å²) in [5, 5.41) is 0. The molecular weight excluding hydrogens is 184 g/mol. The van der Waals surface area contributed by atoms with Crippen LogP contribution >= 0.6 is 0 Å². The smallest absolute Gasteiger partial charge is 0.0283 e. The molecule has 0 atom stereocenters. The fourth-order valence-electron chi connectivity index (χ4n) is 2.37. The van der Waals surface area contributed by atoms with Crippen LogP contribution in [0.2, 0.25) is 0 Å². The van der Waals surface area contributed by atoms with E-state index in [1.807, 2.05) is 0 Å². The van der Waals surface area contributed by atoms with E-state index in [0.29, 0.717) is 0 Å². The molecule has 2 nitrogen and oxygen atoms in total. The maximum atomic E-state index is 6.47. The van der Waals surface area contributed by atoms with Crippen LogP contribution in [0.1, 0.15) is 59.3 Å². The van der Waals surface area contributed by atoms with Gasteiger partial charge in [-0.25, -0.2) is 0 Å². The molecule has 0 aliphatic heterocycles. The molecule has 0 aromatic heterocycles. The normalized spacial score (nSPS) is 22.0. The Labute approximate surface area is 95.2 Å². The molecule has 2 N–H and O–H groups in total. The predicted molar refractivity (Wildman–Crippen MR) is 67.0 cm³/mol. The van der Waals surface area contributed by atoms with Gasteiger partial charge >= 0.3 is 0 Å². The lowest BCUT2D eigenvalue weighted by atomic mass is 9.81. The van der Waals surface area contributed by atoms with Crippen LogP contribution in [-0.2, 0) is 0 Å². The first kappa shape index (κ1) is 13.0. The number of hydrogen-bond acceptors (Lipinski definition) is 2. The van der Waals surface area contributed by atoms with Crippen molar-refractivity contribution in [2.45, 2.75) is 70.4 Å². The average Bonchev–Trinajstić information content (AvgIpc) is 2.18. The highest BCUT2D eigenvalue weighted by Crippen LogP contribution is 2.28. The summed E-state index contributed by atoms with van der Waals surface area (Å²) < 4.78 is 0. The van der Waals surface area contributed by atoms with Gasteiger partial charge in [-0.15, -0.1) is 0 Å². The van der Waals surface area contributed by atoms with E-state index in [1.165, 1.54) is 38.5 Å². The molecule has 1 aliphatic rings. The topological polar surface area (TPSA) is 29.3 Å². The molecule has 0 heterocycles. The lowest BCUT2D eigenvalue weighted by Gasteiger charge is -2.43. The minimum Gasteiger partial charge on any atom is -0.324 e. The minimum absolute atomic E-state index is 0.0828. The molecule has 0 spiro atoms. The van der Waals surface area contributed by atoms with Gasteiger partial charge in [-0.2, -0.15) is 0 Å². The van der Waals surface area contributed by atoms with Gasteiger partial charge in [0.25, 0.3) is 0 Å². The van der Waals surface area contributed by atoms with Crippen molar-refractivity contribution in [1.29, 1.82) is 0 Å². The second-order valence-corrected chi connectivity index (χ2v) is 5.95. The molecule has 0 radical (unpaired) electrons. The van der Waals surface area contributed by atoms with Crippen LogP contribution in [0, 0.1) is 0 Å². The lowest BCUT2D eigenvalue weighted by Crippen LogP contribution is -2.55. The zero-order chi connectivity index (χ0) is 11.5. The minimum atomic E-state index is 0.0828. The molecule has 1 saturated carbocycles. The van der Waals surface area contributed by atoms with Crippen molar-refractivity contribution in [1.82, 2.24) is 4.90 Å². The quantitative estimate of drug-likeness (QED) is 0.776. The zero-order valence-corrected chi connectivity index (χ0v) is 11.0. The fraction of sp³-hybridized carbons (Fsp3) is 1.00. The van der Waals surface area contributed by atoms with Crippen LogP contribution in [0.25, 0.3) is 0 Å². The van der Waals surface area contributed by atoms with E-state index in [2.05, 4.69) is 32.7 Å². The number of nitrogens with zero attached hydrogens (tertiary/aromatic N) is 1. The van der Waals surface area contributed by atoms with Gasteiger partial charge in [0.05, 0.1) is 0 Å².